The van der Waals surface area contributed by atoms with E-state index in [0.29, 0.717) is 16.6 Å². The van der Waals surface area contributed by atoms with E-state index in [0.717, 1.165) is 30.7 Å². The molecule has 5 amide bonds. The van der Waals surface area contributed by atoms with Gasteiger partial charge in [0.1, 0.15) is 0 Å². The summed E-state index contributed by atoms with van der Waals surface area (Å²) in [5, 5.41) is 6.17. The van der Waals surface area contributed by atoms with Crippen molar-refractivity contribution in [3.05, 3.63) is 12.2 Å². The van der Waals surface area contributed by atoms with Crippen LogP contribution in [0.4, 0.5) is 4.79 Å². The first kappa shape index (κ1) is 15.1. The average Bonchev–Trinajstić information content (AvgIpc) is 3.10. The number of nitrogens with one attached hydrogen (secondary N) is 2. The maximum atomic E-state index is 11.9. The maximum absolute atomic E-state index is 11.9. The van der Waals surface area contributed by atoms with Crippen LogP contribution in [0.3, 0.4) is 0 Å². The Labute approximate surface area is 131 Å². The number of fused-ring (bicyclic) bond motifs is 1. The molecule has 8 heteroatoms. The Morgan fingerprint density at radius 3 is 2.64 bits per heavy atom. The number of hydrogen-bond acceptors (Lipinski definition) is 5. The van der Waals surface area contributed by atoms with Gasteiger partial charge in [-0.2, -0.15) is 11.8 Å². The topological polar surface area (TPSA) is 95.6 Å². The van der Waals surface area contributed by atoms with E-state index in [1.165, 1.54) is 0 Å². The largest absolute Gasteiger partial charge is 0.332 e. The van der Waals surface area contributed by atoms with Crippen LogP contribution in [0.2, 0.25) is 0 Å². The highest BCUT2D eigenvalue weighted by Gasteiger charge is 2.42. The van der Waals surface area contributed by atoms with Crippen LogP contribution in [0.15, 0.2) is 12.2 Å². The van der Waals surface area contributed by atoms with E-state index in [2.05, 4.69) is 10.6 Å². The Bertz CT molecular complexity index is 544. The van der Waals surface area contributed by atoms with Crippen LogP contribution in [-0.4, -0.2) is 51.7 Å². The molecule has 3 atom stereocenters. The zero-order chi connectivity index (χ0) is 15.7. The lowest BCUT2D eigenvalue weighted by Gasteiger charge is -2.16. The van der Waals surface area contributed by atoms with E-state index < -0.39 is 17.7 Å². The van der Waals surface area contributed by atoms with Crippen molar-refractivity contribution in [1.29, 1.82) is 0 Å². The first-order valence-electron chi connectivity index (χ1n) is 7.34. The normalized spacial score (nSPS) is 29.7. The van der Waals surface area contributed by atoms with Gasteiger partial charge < -0.3 is 10.6 Å². The van der Waals surface area contributed by atoms with Crippen molar-refractivity contribution in [2.45, 2.75) is 43.0 Å². The zero-order valence-electron chi connectivity index (χ0n) is 11.9. The fourth-order valence-electron chi connectivity index (χ4n) is 3.02. The van der Waals surface area contributed by atoms with Crippen molar-refractivity contribution >= 4 is 35.5 Å². The summed E-state index contributed by atoms with van der Waals surface area (Å²) >= 11 is 1.83. The van der Waals surface area contributed by atoms with Gasteiger partial charge in [-0.25, -0.2) is 9.69 Å². The van der Waals surface area contributed by atoms with E-state index >= 15 is 0 Å². The summed E-state index contributed by atoms with van der Waals surface area (Å²) < 4.78 is 0. The van der Waals surface area contributed by atoms with Gasteiger partial charge in [-0.3, -0.25) is 14.4 Å². The fraction of sp³-hybridized carbons (Fsp3) is 0.571. The first-order chi connectivity index (χ1) is 10.6. The molecule has 3 rings (SSSR count). The minimum absolute atomic E-state index is 0.103. The van der Waals surface area contributed by atoms with Gasteiger partial charge in [-0.05, 0) is 12.8 Å². The Kier molecular flexibility index (Phi) is 4.19. The second-order valence-corrected chi connectivity index (χ2v) is 6.88. The van der Waals surface area contributed by atoms with Crippen molar-refractivity contribution in [3.8, 4) is 0 Å². The Morgan fingerprint density at radius 1 is 1.18 bits per heavy atom. The summed E-state index contributed by atoms with van der Waals surface area (Å²) in [5.74, 6) is -0.629. The molecule has 0 saturated carbocycles. The third kappa shape index (κ3) is 2.87. The van der Waals surface area contributed by atoms with Gasteiger partial charge in [0, 0.05) is 29.6 Å². The molecular weight excluding hydrogens is 306 g/mol. The van der Waals surface area contributed by atoms with Crippen LogP contribution in [-0.2, 0) is 14.4 Å². The van der Waals surface area contributed by atoms with Crippen LogP contribution in [0.1, 0.15) is 25.7 Å². The van der Waals surface area contributed by atoms with Crippen molar-refractivity contribution in [2.24, 2.45) is 0 Å². The molecule has 3 aliphatic heterocycles. The van der Waals surface area contributed by atoms with Crippen LogP contribution in [0.25, 0.3) is 0 Å². The number of imide groups is 3. The number of rotatable bonds is 5. The van der Waals surface area contributed by atoms with Gasteiger partial charge in [0.25, 0.3) is 11.8 Å². The van der Waals surface area contributed by atoms with Crippen LogP contribution in [0.5, 0.6) is 0 Å². The number of nitrogens with zero attached hydrogens (tertiary/aromatic N) is 1. The number of unbranched alkanes of at least 4 members (excludes halogenated alkanes) is 1. The van der Waals surface area contributed by atoms with Crippen molar-refractivity contribution in [1.82, 2.24) is 15.5 Å². The first-order valence-corrected chi connectivity index (χ1v) is 8.39. The summed E-state index contributed by atoms with van der Waals surface area (Å²) in [7, 11) is 0. The minimum atomic E-state index is -0.552. The monoisotopic (exact) mass is 323 g/mol. The fourth-order valence-corrected chi connectivity index (χ4v) is 4.57. The Morgan fingerprint density at radius 2 is 1.91 bits per heavy atom. The van der Waals surface area contributed by atoms with Gasteiger partial charge in [-0.15, -0.1) is 0 Å². The molecular formula is C14H17N3O4S. The van der Waals surface area contributed by atoms with Crippen LogP contribution in [0, 0.1) is 0 Å². The zero-order valence-corrected chi connectivity index (χ0v) is 12.7. The molecule has 7 nitrogen and oxygen atoms in total. The quantitative estimate of drug-likeness (QED) is 0.427. The highest BCUT2D eigenvalue weighted by Crippen LogP contribution is 2.33. The summed E-state index contributed by atoms with van der Waals surface area (Å²) in [6.07, 6.45) is 4.78. The number of hydrogen-bond donors (Lipinski definition) is 2. The van der Waals surface area contributed by atoms with Crippen molar-refractivity contribution < 1.29 is 19.2 Å². The Balaban J connectivity index is 1.39. The number of thioether (sulfide) groups is 1. The average molecular weight is 323 g/mol. The summed E-state index contributed by atoms with van der Waals surface area (Å²) in [6, 6.07) is 0.267. The molecule has 118 valence electrons. The SMILES string of the molecule is O=C1N[C@@H]2[C@@H](CS[C@@H]2CCCCC(=O)N2C(=O)C=CC2=O)N1. The van der Waals surface area contributed by atoms with Gasteiger partial charge in [-0.1, -0.05) is 6.42 Å². The molecule has 22 heavy (non-hydrogen) atoms. The molecule has 2 N–H and O–H groups in total. The molecule has 0 radical (unpaired) electrons. The molecule has 0 spiro atoms. The lowest BCUT2D eigenvalue weighted by Crippen LogP contribution is -2.37. The smallest absolute Gasteiger partial charge is 0.315 e. The van der Waals surface area contributed by atoms with E-state index in [1.54, 1.807) is 0 Å². The van der Waals surface area contributed by atoms with E-state index in [-0.39, 0.29) is 24.5 Å². The predicted molar refractivity (Wildman–Crippen MR) is 80.0 cm³/mol. The lowest BCUT2D eigenvalue weighted by molar-refractivity contribution is -0.148. The summed E-state index contributed by atoms with van der Waals surface area (Å²) in [5.41, 5.74) is 0. The van der Waals surface area contributed by atoms with Crippen LogP contribution < -0.4 is 10.6 Å². The molecule has 2 saturated heterocycles. The highest BCUT2D eigenvalue weighted by atomic mass is 32.2. The highest BCUT2D eigenvalue weighted by molar-refractivity contribution is 8.00. The van der Waals surface area contributed by atoms with E-state index in [1.807, 2.05) is 11.8 Å². The minimum Gasteiger partial charge on any atom is -0.332 e. The second-order valence-electron chi connectivity index (χ2n) is 5.61. The molecule has 0 bridgehead atoms. The number of carbonyl (C=O) groups is 4. The van der Waals surface area contributed by atoms with Gasteiger partial charge in [0.2, 0.25) is 5.91 Å². The standard InChI is InChI=1S/C14H17N3O4S/c18-10(17-11(19)5-6-12(17)20)4-2-1-3-9-13-8(7-22-9)15-14(21)16-13/h5-6,8-9,13H,1-4,7H2,(H2,15,16,21)/t8-,9-,13-/m1/s1. The second kappa shape index (κ2) is 6.12. The molecule has 0 aromatic rings. The van der Waals surface area contributed by atoms with Gasteiger partial charge in [0.15, 0.2) is 0 Å². The molecule has 0 aromatic heterocycles. The van der Waals surface area contributed by atoms with Gasteiger partial charge in [0.05, 0.1) is 12.1 Å². The molecule has 2 fully saturated rings. The number of carbonyl (C=O) groups excluding carboxylic acids is 4. The third-order valence-electron chi connectivity index (χ3n) is 4.13. The molecule has 0 aromatic carbocycles. The van der Waals surface area contributed by atoms with Crippen molar-refractivity contribution in [3.63, 3.8) is 0 Å². The van der Waals surface area contributed by atoms with E-state index in [9.17, 15) is 19.2 Å². The Hall–Kier alpha value is -1.83. The molecule has 0 aliphatic carbocycles. The number of amides is 5. The van der Waals surface area contributed by atoms with Crippen molar-refractivity contribution in [2.75, 3.05) is 5.75 Å². The molecule has 3 aliphatic rings. The molecule has 0 unspecified atom stereocenters. The maximum Gasteiger partial charge on any atom is 0.315 e. The van der Waals surface area contributed by atoms with E-state index in [4.69, 9.17) is 0 Å². The number of urea groups is 1. The van der Waals surface area contributed by atoms with Crippen LogP contribution >= 0.6 is 11.8 Å². The molecule has 3 heterocycles. The summed E-state index contributed by atoms with van der Waals surface area (Å²) in [4.78, 5) is 46.6. The summed E-state index contributed by atoms with van der Waals surface area (Å²) in [6.45, 7) is 0. The lowest BCUT2D eigenvalue weighted by atomic mass is 10.0. The van der Waals surface area contributed by atoms with Gasteiger partial charge >= 0.3 is 6.03 Å². The predicted octanol–water partition coefficient (Wildman–Crippen LogP) is 0.164. The third-order valence-corrected chi connectivity index (χ3v) is 5.63.